The Morgan fingerprint density at radius 3 is 2.75 bits per heavy atom. The van der Waals surface area contributed by atoms with Crippen molar-refractivity contribution in [3.05, 3.63) is 47.7 Å². The Bertz CT molecular complexity index is 903. The van der Waals surface area contributed by atoms with Gasteiger partial charge in [0.05, 0.1) is 25.0 Å². The highest BCUT2D eigenvalue weighted by atomic mass is 127. The molecule has 2 aromatic heterocycles. The molecule has 0 spiro atoms. The summed E-state index contributed by atoms with van der Waals surface area (Å²) in [5.74, 6) is 1.85. The Hall–Kier alpha value is -2.01. The Morgan fingerprint density at radius 2 is 2.04 bits per heavy atom. The van der Waals surface area contributed by atoms with Crippen LogP contribution in [-0.2, 0) is 6.54 Å². The normalized spacial score (nSPS) is 14.9. The van der Waals surface area contributed by atoms with E-state index >= 15 is 0 Å². The van der Waals surface area contributed by atoms with E-state index in [1.54, 1.807) is 18.4 Å². The van der Waals surface area contributed by atoms with Gasteiger partial charge in [-0.25, -0.2) is 4.98 Å². The van der Waals surface area contributed by atoms with Crippen molar-refractivity contribution in [3.8, 4) is 5.75 Å². The number of benzene rings is 1. The fraction of sp³-hybridized carbons (Fsp3) is 0.368. The lowest BCUT2D eigenvalue weighted by molar-refractivity contribution is 0.367. The molecule has 0 amide bonds. The summed E-state index contributed by atoms with van der Waals surface area (Å²) in [6, 6.07) is 8.19. The summed E-state index contributed by atoms with van der Waals surface area (Å²) in [4.78, 5) is 14.8. The van der Waals surface area contributed by atoms with Crippen LogP contribution in [0.25, 0.3) is 4.96 Å². The number of nitrogens with zero attached hydrogens (tertiary/aromatic N) is 5. The molecule has 0 atom stereocenters. The van der Waals surface area contributed by atoms with Gasteiger partial charge in [-0.2, -0.15) is 0 Å². The van der Waals surface area contributed by atoms with Gasteiger partial charge in [0, 0.05) is 51.0 Å². The minimum Gasteiger partial charge on any atom is -0.495 e. The van der Waals surface area contributed by atoms with E-state index in [1.807, 2.05) is 30.8 Å². The summed E-state index contributed by atoms with van der Waals surface area (Å²) in [5, 5.41) is 5.49. The number of para-hydroxylation sites is 2. The number of hydrogen-bond acceptors (Lipinski definition) is 5. The van der Waals surface area contributed by atoms with E-state index in [2.05, 4.69) is 47.8 Å². The third-order valence-corrected chi connectivity index (χ3v) is 5.56. The number of thiazole rings is 1. The van der Waals surface area contributed by atoms with Gasteiger partial charge in [0.1, 0.15) is 5.75 Å². The predicted octanol–water partition coefficient (Wildman–Crippen LogP) is 2.92. The van der Waals surface area contributed by atoms with Crippen LogP contribution in [-0.4, -0.2) is 60.6 Å². The first-order valence-electron chi connectivity index (χ1n) is 9.03. The van der Waals surface area contributed by atoms with Crippen molar-refractivity contribution in [1.82, 2.24) is 19.6 Å². The number of aromatic nitrogens is 2. The summed E-state index contributed by atoms with van der Waals surface area (Å²) < 4.78 is 7.55. The Balaban J connectivity index is 0.00000225. The van der Waals surface area contributed by atoms with E-state index < -0.39 is 0 Å². The van der Waals surface area contributed by atoms with Crippen LogP contribution in [0, 0.1) is 0 Å². The lowest BCUT2D eigenvalue weighted by Gasteiger charge is -2.38. The first-order valence-corrected chi connectivity index (χ1v) is 9.91. The lowest BCUT2D eigenvalue weighted by atomic mass is 10.2. The van der Waals surface area contributed by atoms with E-state index in [1.165, 1.54) is 0 Å². The zero-order chi connectivity index (χ0) is 18.6. The van der Waals surface area contributed by atoms with E-state index in [0.29, 0.717) is 6.54 Å². The average Bonchev–Trinajstić information content (AvgIpc) is 3.31. The van der Waals surface area contributed by atoms with Crippen molar-refractivity contribution in [2.45, 2.75) is 6.54 Å². The number of anilines is 1. The highest BCUT2D eigenvalue weighted by Crippen LogP contribution is 2.28. The van der Waals surface area contributed by atoms with Gasteiger partial charge in [-0.15, -0.1) is 35.3 Å². The lowest BCUT2D eigenvalue weighted by Crippen LogP contribution is -2.52. The molecule has 4 rings (SSSR count). The Labute approximate surface area is 186 Å². The van der Waals surface area contributed by atoms with Crippen molar-refractivity contribution in [1.29, 1.82) is 0 Å². The van der Waals surface area contributed by atoms with Crippen LogP contribution in [0.4, 0.5) is 5.69 Å². The number of halogens is 1. The molecule has 1 N–H and O–H groups in total. The zero-order valence-corrected chi connectivity index (χ0v) is 19.2. The summed E-state index contributed by atoms with van der Waals surface area (Å²) >= 11 is 1.64. The molecule has 1 aliphatic rings. The van der Waals surface area contributed by atoms with E-state index in [4.69, 9.17) is 4.74 Å². The molecule has 3 heterocycles. The van der Waals surface area contributed by atoms with Gasteiger partial charge < -0.3 is 19.9 Å². The Kier molecular flexibility index (Phi) is 7.00. The zero-order valence-electron chi connectivity index (χ0n) is 16.0. The molecule has 0 unspecified atom stereocenters. The highest BCUT2D eigenvalue weighted by molar-refractivity contribution is 14.0. The van der Waals surface area contributed by atoms with Crippen molar-refractivity contribution in [2.24, 2.45) is 4.99 Å². The molecule has 0 aliphatic carbocycles. The maximum absolute atomic E-state index is 5.50. The Morgan fingerprint density at radius 1 is 1.25 bits per heavy atom. The number of hydrogen-bond donors (Lipinski definition) is 1. The fourth-order valence-corrected chi connectivity index (χ4v) is 4.13. The minimum atomic E-state index is 0. The molecule has 150 valence electrons. The monoisotopic (exact) mass is 512 g/mol. The number of piperazine rings is 1. The second-order valence-corrected chi connectivity index (χ2v) is 7.24. The second-order valence-electron chi connectivity index (χ2n) is 6.37. The van der Waals surface area contributed by atoms with Crippen LogP contribution < -0.4 is 15.0 Å². The van der Waals surface area contributed by atoms with Gasteiger partial charge in [-0.1, -0.05) is 12.1 Å². The third-order valence-electron chi connectivity index (χ3n) is 4.79. The van der Waals surface area contributed by atoms with Gasteiger partial charge in [-0.3, -0.25) is 9.39 Å². The first kappa shape index (κ1) is 20.7. The number of nitrogens with one attached hydrogen (secondary N) is 1. The molecule has 0 bridgehead atoms. The number of fused-ring (bicyclic) bond motifs is 1. The summed E-state index contributed by atoms with van der Waals surface area (Å²) in [5.41, 5.74) is 2.18. The van der Waals surface area contributed by atoms with Crippen LogP contribution in [0.3, 0.4) is 0 Å². The smallest absolute Gasteiger partial charge is 0.194 e. The topological polar surface area (TPSA) is 57.4 Å². The molecule has 28 heavy (non-hydrogen) atoms. The molecular weight excluding hydrogens is 487 g/mol. The molecule has 3 aromatic rings. The molecule has 9 heteroatoms. The van der Waals surface area contributed by atoms with Crippen LogP contribution >= 0.6 is 35.3 Å². The number of methoxy groups -OCH3 is 1. The molecule has 1 fully saturated rings. The van der Waals surface area contributed by atoms with E-state index in [9.17, 15) is 0 Å². The molecule has 1 aromatic carbocycles. The molecular formula is C19H25IN6OS. The number of imidazole rings is 1. The van der Waals surface area contributed by atoms with Crippen LogP contribution in [0.15, 0.2) is 47.0 Å². The van der Waals surface area contributed by atoms with Crippen molar-refractivity contribution >= 4 is 51.9 Å². The van der Waals surface area contributed by atoms with E-state index in [-0.39, 0.29) is 24.0 Å². The van der Waals surface area contributed by atoms with Gasteiger partial charge in [0.15, 0.2) is 10.9 Å². The number of rotatable bonds is 4. The van der Waals surface area contributed by atoms with Gasteiger partial charge in [0.2, 0.25) is 0 Å². The fourth-order valence-electron chi connectivity index (χ4n) is 3.41. The van der Waals surface area contributed by atoms with Crippen molar-refractivity contribution < 1.29 is 4.74 Å². The van der Waals surface area contributed by atoms with Crippen LogP contribution in [0.2, 0.25) is 0 Å². The maximum atomic E-state index is 5.50. The largest absolute Gasteiger partial charge is 0.495 e. The second kappa shape index (κ2) is 9.46. The minimum absolute atomic E-state index is 0. The first-order chi connectivity index (χ1) is 13.3. The number of ether oxygens (including phenoxy) is 1. The van der Waals surface area contributed by atoms with Crippen molar-refractivity contribution in [2.75, 3.05) is 45.2 Å². The molecule has 7 nitrogen and oxygen atoms in total. The standard InChI is InChI=1S/C19H24N6OS.HI/c1-20-18(21-13-15-14-25-11-12-27-19(25)22-15)24-9-7-23(8-10-24)16-5-3-4-6-17(16)26-2;/h3-6,11-12,14H,7-10,13H2,1-2H3,(H,20,21);1H. The number of aliphatic imine (C=N–C) groups is 1. The van der Waals surface area contributed by atoms with Crippen LogP contribution in [0.5, 0.6) is 5.75 Å². The quantitative estimate of drug-likeness (QED) is 0.331. The van der Waals surface area contributed by atoms with Crippen molar-refractivity contribution in [3.63, 3.8) is 0 Å². The maximum Gasteiger partial charge on any atom is 0.194 e. The van der Waals surface area contributed by atoms with Crippen LogP contribution in [0.1, 0.15) is 5.69 Å². The van der Waals surface area contributed by atoms with Gasteiger partial charge in [-0.05, 0) is 12.1 Å². The predicted molar refractivity (Wildman–Crippen MR) is 125 cm³/mol. The van der Waals surface area contributed by atoms with Gasteiger partial charge in [0.25, 0.3) is 0 Å². The van der Waals surface area contributed by atoms with Gasteiger partial charge >= 0.3 is 0 Å². The summed E-state index contributed by atoms with van der Waals surface area (Å²) in [6.45, 7) is 4.36. The third kappa shape index (κ3) is 4.35. The summed E-state index contributed by atoms with van der Waals surface area (Å²) in [7, 11) is 3.56. The number of guanidine groups is 1. The SMILES string of the molecule is CN=C(NCc1cn2ccsc2n1)N1CCN(c2ccccc2OC)CC1.I. The molecule has 1 aliphatic heterocycles. The molecule has 1 saturated heterocycles. The molecule has 0 radical (unpaired) electrons. The van der Waals surface area contributed by atoms with E-state index in [0.717, 1.165) is 54.2 Å². The highest BCUT2D eigenvalue weighted by Gasteiger charge is 2.21. The summed E-state index contributed by atoms with van der Waals surface area (Å²) in [6.07, 6.45) is 4.09. The molecule has 0 saturated carbocycles. The average molecular weight is 512 g/mol.